The quantitative estimate of drug-likeness (QED) is 0.554. The van der Waals surface area contributed by atoms with Gasteiger partial charge in [-0.1, -0.05) is 12.1 Å². The van der Waals surface area contributed by atoms with Crippen molar-refractivity contribution in [1.29, 1.82) is 0 Å². The fourth-order valence-electron chi connectivity index (χ4n) is 1.33. The molecular formula is C14H19FO3. The lowest BCUT2D eigenvalue weighted by Crippen LogP contribution is -2.25. The average molecular weight is 254 g/mol. The van der Waals surface area contributed by atoms with Crippen LogP contribution in [-0.4, -0.2) is 31.7 Å². The second-order valence-electron chi connectivity index (χ2n) is 4.70. The summed E-state index contributed by atoms with van der Waals surface area (Å²) in [4.78, 5) is 11.7. The van der Waals surface area contributed by atoms with Crippen LogP contribution < -0.4 is 0 Å². The van der Waals surface area contributed by atoms with Crippen molar-refractivity contribution in [2.75, 3.05) is 20.3 Å². The highest BCUT2D eigenvalue weighted by Gasteiger charge is 2.16. The Kier molecular flexibility index (Phi) is 5.44. The van der Waals surface area contributed by atoms with Crippen LogP contribution in [0.5, 0.6) is 0 Å². The topological polar surface area (TPSA) is 35.5 Å². The number of rotatable bonds is 7. The lowest BCUT2D eigenvalue weighted by Gasteiger charge is -2.22. The summed E-state index contributed by atoms with van der Waals surface area (Å²) in [5, 5.41) is 0. The molecule has 0 aliphatic carbocycles. The lowest BCUT2D eigenvalue weighted by molar-refractivity contribution is -0.00837. The molecule has 0 spiro atoms. The number of carbonyl (C=O) groups excluding carboxylic acids is 1. The molecule has 1 aromatic carbocycles. The molecule has 0 N–H and O–H groups in total. The predicted octanol–water partition coefficient (Wildman–Crippen LogP) is 2.84. The summed E-state index contributed by atoms with van der Waals surface area (Å²) in [5.74, 6) is -0.633. The molecule has 0 unspecified atom stereocenters. The Bertz CT molecular complexity index is 402. The molecule has 0 aromatic heterocycles. The first kappa shape index (κ1) is 14.8. The number of methoxy groups -OCH3 is 1. The summed E-state index contributed by atoms with van der Waals surface area (Å²) in [6, 6.07) is 5.61. The van der Waals surface area contributed by atoms with Gasteiger partial charge in [-0.3, -0.25) is 4.79 Å². The maximum atomic E-state index is 12.9. The Morgan fingerprint density at radius 3 is 2.72 bits per heavy atom. The van der Waals surface area contributed by atoms with E-state index in [1.54, 1.807) is 13.2 Å². The summed E-state index contributed by atoms with van der Waals surface area (Å²) >= 11 is 0. The van der Waals surface area contributed by atoms with Crippen LogP contribution in [0.3, 0.4) is 0 Å². The Hall–Kier alpha value is -1.26. The fraction of sp³-hybridized carbons (Fsp3) is 0.500. The summed E-state index contributed by atoms with van der Waals surface area (Å²) < 4.78 is 23.4. The highest BCUT2D eigenvalue weighted by atomic mass is 19.1. The number of hydrogen-bond donors (Lipinski definition) is 0. The largest absolute Gasteiger partial charge is 0.379 e. The van der Waals surface area contributed by atoms with Crippen LogP contribution in [0.1, 0.15) is 30.6 Å². The van der Waals surface area contributed by atoms with Crippen molar-refractivity contribution in [2.24, 2.45) is 0 Å². The van der Waals surface area contributed by atoms with Crippen LogP contribution in [0.2, 0.25) is 0 Å². The van der Waals surface area contributed by atoms with Crippen molar-refractivity contribution >= 4 is 5.78 Å². The van der Waals surface area contributed by atoms with E-state index in [1.807, 2.05) is 13.8 Å². The molecule has 3 nitrogen and oxygen atoms in total. The maximum absolute atomic E-state index is 12.9. The molecule has 0 atom stereocenters. The molecule has 1 aromatic rings. The Labute approximate surface area is 107 Å². The molecule has 0 bridgehead atoms. The number of carbonyl (C=O) groups is 1. The third-order valence-electron chi connectivity index (χ3n) is 2.78. The van der Waals surface area contributed by atoms with Gasteiger partial charge >= 0.3 is 0 Å². The first-order valence-corrected chi connectivity index (χ1v) is 5.86. The van der Waals surface area contributed by atoms with Crippen LogP contribution >= 0.6 is 0 Å². The van der Waals surface area contributed by atoms with Crippen LogP contribution in [0.15, 0.2) is 24.3 Å². The minimum absolute atomic E-state index is 0.0384. The third kappa shape index (κ3) is 4.94. The third-order valence-corrected chi connectivity index (χ3v) is 2.78. The summed E-state index contributed by atoms with van der Waals surface area (Å²) in [6.45, 7) is 4.29. The molecular weight excluding hydrogens is 235 g/mol. The van der Waals surface area contributed by atoms with Gasteiger partial charge in [0.15, 0.2) is 5.78 Å². The van der Waals surface area contributed by atoms with Gasteiger partial charge in [-0.2, -0.15) is 0 Å². The number of Topliss-reactive ketones (excluding diaryl/α,β-unsaturated/α-hetero) is 1. The molecule has 0 aliphatic heterocycles. The molecule has 0 amide bonds. The van der Waals surface area contributed by atoms with Gasteiger partial charge < -0.3 is 9.47 Å². The first-order valence-electron chi connectivity index (χ1n) is 5.86. The van der Waals surface area contributed by atoms with E-state index in [0.717, 1.165) is 0 Å². The van der Waals surface area contributed by atoms with Crippen molar-refractivity contribution in [3.63, 3.8) is 0 Å². The van der Waals surface area contributed by atoms with Crippen LogP contribution in [-0.2, 0) is 9.47 Å². The number of benzene rings is 1. The molecule has 1 rings (SSSR count). The van der Waals surface area contributed by atoms with E-state index >= 15 is 0 Å². The van der Waals surface area contributed by atoms with E-state index < -0.39 is 5.82 Å². The molecule has 4 heteroatoms. The van der Waals surface area contributed by atoms with Crippen molar-refractivity contribution < 1.29 is 18.7 Å². The van der Waals surface area contributed by atoms with Gasteiger partial charge in [-0.15, -0.1) is 0 Å². The zero-order valence-electron chi connectivity index (χ0n) is 11.0. The fourth-order valence-corrected chi connectivity index (χ4v) is 1.33. The monoisotopic (exact) mass is 254 g/mol. The molecule has 0 fully saturated rings. The van der Waals surface area contributed by atoms with E-state index in [9.17, 15) is 9.18 Å². The van der Waals surface area contributed by atoms with E-state index in [1.165, 1.54) is 18.2 Å². The summed E-state index contributed by atoms with van der Waals surface area (Å²) in [6.07, 6.45) is 0.694. The molecule has 0 saturated carbocycles. The zero-order valence-corrected chi connectivity index (χ0v) is 11.0. The molecule has 0 saturated heterocycles. The van der Waals surface area contributed by atoms with Gasteiger partial charge in [-0.05, 0) is 32.4 Å². The smallest absolute Gasteiger partial charge is 0.188 e. The molecule has 0 aliphatic rings. The van der Waals surface area contributed by atoms with Crippen molar-refractivity contribution in [3.05, 3.63) is 35.6 Å². The Balaban J connectivity index is 2.34. The van der Waals surface area contributed by atoms with Gasteiger partial charge in [0.1, 0.15) is 12.4 Å². The van der Waals surface area contributed by atoms with E-state index in [-0.39, 0.29) is 18.0 Å². The van der Waals surface area contributed by atoms with Crippen LogP contribution in [0, 0.1) is 5.82 Å². The van der Waals surface area contributed by atoms with Gasteiger partial charge in [0.05, 0.1) is 5.60 Å². The van der Waals surface area contributed by atoms with Crippen LogP contribution in [0.25, 0.3) is 0 Å². The molecule has 0 heterocycles. The number of ether oxygens (including phenoxy) is 2. The minimum Gasteiger partial charge on any atom is -0.379 e. The standard InChI is InChI=1S/C14H19FO3/c1-14(2,17-3)7-8-18-10-13(16)11-5-4-6-12(15)9-11/h4-6,9H,7-8,10H2,1-3H3. The zero-order chi connectivity index (χ0) is 13.6. The highest BCUT2D eigenvalue weighted by Crippen LogP contribution is 2.12. The lowest BCUT2D eigenvalue weighted by atomic mass is 10.1. The average Bonchev–Trinajstić information content (AvgIpc) is 2.34. The number of halogens is 1. The second kappa shape index (κ2) is 6.61. The van der Waals surface area contributed by atoms with Gasteiger partial charge in [0.2, 0.25) is 0 Å². The first-order chi connectivity index (χ1) is 8.44. The SMILES string of the molecule is COC(C)(C)CCOCC(=O)c1cccc(F)c1. The maximum Gasteiger partial charge on any atom is 0.188 e. The van der Waals surface area contributed by atoms with Gasteiger partial charge in [-0.25, -0.2) is 4.39 Å². The van der Waals surface area contributed by atoms with Crippen molar-refractivity contribution in [3.8, 4) is 0 Å². The van der Waals surface area contributed by atoms with Crippen molar-refractivity contribution in [1.82, 2.24) is 0 Å². The normalized spacial score (nSPS) is 11.6. The van der Waals surface area contributed by atoms with E-state index in [0.29, 0.717) is 18.6 Å². The summed E-state index contributed by atoms with van der Waals surface area (Å²) in [7, 11) is 1.64. The number of ketones is 1. The van der Waals surface area contributed by atoms with E-state index in [4.69, 9.17) is 9.47 Å². The highest BCUT2D eigenvalue weighted by molar-refractivity contribution is 5.97. The van der Waals surface area contributed by atoms with E-state index in [2.05, 4.69) is 0 Å². The predicted molar refractivity (Wildman–Crippen MR) is 67.3 cm³/mol. The molecule has 18 heavy (non-hydrogen) atoms. The molecule has 0 radical (unpaired) electrons. The molecule has 100 valence electrons. The van der Waals surface area contributed by atoms with Gasteiger partial charge in [0.25, 0.3) is 0 Å². The second-order valence-corrected chi connectivity index (χ2v) is 4.70. The minimum atomic E-state index is -0.415. The summed E-state index contributed by atoms with van der Waals surface area (Å²) in [5.41, 5.74) is 0.0723. The van der Waals surface area contributed by atoms with Crippen LogP contribution in [0.4, 0.5) is 4.39 Å². The Morgan fingerprint density at radius 1 is 1.39 bits per heavy atom. The Morgan fingerprint density at radius 2 is 2.11 bits per heavy atom. The van der Waals surface area contributed by atoms with Gasteiger partial charge in [0, 0.05) is 19.3 Å². The number of hydrogen-bond acceptors (Lipinski definition) is 3. The van der Waals surface area contributed by atoms with Crippen molar-refractivity contribution in [2.45, 2.75) is 25.9 Å².